The van der Waals surface area contributed by atoms with Gasteiger partial charge in [0.1, 0.15) is 12.4 Å². The van der Waals surface area contributed by atoms with E-state index in [2.05, 4.69) is 36.4 Å². The van der Waals surface area contributed by atoms with Gasteiger partial charge in [0, 0.05) is 45.9 Å². The third-order valence-electron chi connectivity index (χ3n) is 4.95. The second-order valence-corrected chi connectivity index (χ2v) is 11.0. The molecule has 0 radical (unpaired) electrons. The van der Waals surface area contributed by atoms with Crippen molar-refractivity contribution in [2.75, 3.05) is 0 Å². The van der Waals surface area contributed by atoms with Crippen LogP contribution in [0.1, 0.15) is 46.0 Å². The lowest BCUT2D eigenvalue weighted by Crippen LogP contribution is -2.27. The molecule has 1 aromatic carbocycles. The average Bonchev–Trinajstić information content (AvgIpc) is 2.91. The van der Waals surface area contributed by atoms with Crippen LogP contribution >= 0.6 is 11.8 Å². The molecule has 0 atom stereocenters. The Labute approximate surface area is 182 Å². The standard InChI is InChI=1S/C24H30N2O3S/c1-23(2,3)30-21-18-13-17(29-15-16-9-7-8-12-25-16)10-11-19(18)26(6)20(21)14-24(4,5)22(27)28/h7-13H,14-15H2,1-6H3,(H,27,28). The van der Waals surface area contributed by atoms with E-state index in [1.54, 1.807) is 31.8 Å². The minimum atomic E-state index is -0.854. The van der Waals surface area contributed by atoms with Crippen LogP contribution in [0.2, 0.25) is 0 Å². The smallest absolute Gasteiger partial charge is 0.309 e. The van der Waals surface area contributed by atoms with Gasteiger partial charge >= 0.3 is 5.97 Å². The number of carboxylic acid groups (broad SMARTS) is 1. The molecule has 3 rings (SSSR count). The van der Waals surface area contributed by atoms with Crippen LogP contribution in [0, 0.1) is 5.41 Å². The molecule has 30 heavy (non-hydrogen) atoms. The van der Waals surface area contributed by atoms with Crippen LogP contribution in [-0.4, -0.2) is 25.4 Å². The fourth-order valence-corrected chi connectivity index (χ4v) is 4.50. The first-order valence-electron chi connectivity index (χ1n) is 10.0. The molecule has 0 spiro atoms. The number of ether oxygens (including phenoxy) is 1. The van der Waals surface area contributed by atoms with Crippen LogP contribution in [0.3, 0.4) is 0 Å². The molecule has 0 amide bonds. The third-order valence-corrected chi connectivity index (χ3v) is 6.22. The molecule has 5 nitrogen and oxygen atoms in total. The highest BCUT2D eigenvalue weighted by molar-refractivity contribution is 8.00. The first kappa shape index (κ1) is 22.2. The van der Waals surface area contributed by atoms with Crippen molar-refractivity contribution in [2.45, 2.75) is 57.3 Å². The Balaban J connectivity index is 2.03. The van der Waals surface area contributed by atoms with Crippen molar-refractivity contribution >= 4 is 28.6 Å². The van der Waals surface area contributed by atoms with E-state index in [1.807, 2.05) is 37.4 Å². The summed E-state index contributed by atoms with van der Waals surface area (Å²) in [6.45, 7) is 10.5. The minimum absolute atomic E-state index is 0.0127. The maximum atomic E-state index is 11.8. The van der Waals surface area contributed by atoms with Crippen LogP contribution in [0.15, 0.2) is 47.5 Å². The van der Waals surface area contributed by atoms with Gasteiger partial charge in [0.2, 0.25) is 0 Å². The predicted molar refractivity (Wildman–Crippen MR) is 122 cm³/mol. The number of hydrogen-bond donors (Lipinski definition) is 1. The van der Waals surface area contributed by atoms with Crippen LogP contribution in [-0.2, 0) is 24.9 Å². The largest absolute Gasteiger partial charge is 0.487 e. The van der Waals surface area contributed by atoms with Gasteiger partial charge in [-0.1, -0.05) is 26.8 Å². The van der Waals surface area contributed by atoms with E-state index in [0.29, 0.717) is 13.0 Å². The molecule has 0 saturated carbocycles. The summed E-state index contributed by atoms with van der Waals surface area (Å²) in [7, 11) is 2.01. The number of nitrogens with zero attached hydrogens (tertiary/aromatic N) is 2. The predicted octanol–water partition coefficient (Wildman–Crippen LogP) is 5.70. The summed E-state index contributed by atoms with van der Waals surface area (Å²) in [6.07, 6.45) is 2.21. The highest BCUT2D eigenvalue weighted by Crippen LogP contribution is 2.43. The van der Waals surface area contributed by atoms with E-state index >= 15 is 0 Å². The highest BCUT2D eigenvalue weighted by Gasteiger charge is 2.32. The van der Waals surface area contributed by atoms with E-state index in [9.17, 15) is 9.90 Å². The Morgan fingerprint density at radius 2 is 1.90 bits per heavy atom. The molecule has 0 unspecified atom stereocenters. The number of aromatic nitrogens is 2. The molecule has 2 heterocycles. The van der Waals surface area contributed by atoms with E-state index in [4.69, 9.17) is 4.74 Å². The van der Waals surface area contributed by atoms with E-state index < -0.39 is 11.4 Å². The third kappa shape index (κ3) is 4.98. The fourth-order valence-electron chi connectivity index (χ4n) is 3.29. The quantitative estimate of drug-likeness (QED) is 0.491. The van der Waals surface area contributed by atoms with Gasteiger partial charge in [-0.05, 0) is 44.2 Å². The molecular weight excluding hydrogens is 396 g/mol. The second kappa shape index (κ2) is 8.34. The van der Waals surface area contributed by atoms with Crippen LogP contribution < -0.4 is 4.74 Å². The van der Waals surface area contributed by atoms with Crippen molar-refractivity contribution in [1.29, 1.82) is 0 Å². The molecular formula is C24H30N2O3S. The molecule has 1 N–H and O–H groups in total. The van der Waals surface area contributed by atoms with Gasteiger partial charge in [-0.25, -0.2) is 0 Å². The number of aryl methyl sites for hydroxylation is 1. The van der Waals surface area contributed by atoms with Crippen molar-refractivity contribution in [1.82, 2.24) is 9.55 Å². The Morgan fingerprint density at radius 1 is 1.17 bits per heavy atom. The molecule has 3 aromatic rings. The van der Waals surface area contributed by atoms with E-state index in [0.717, 1.165) is 32.9 Å². The number of thioether (sulfide) groups is 1. The van der Waals surface area contributed by atoms with Crippen LogP contribution in [0.25, 0.3) is 10.9 Å². The number of rotatable bonds is 7. The maximum absolute atomic E-state index is 11.8. The summed E-state index contributed by atoms with van der Waals surface area (Å²) < 4.78 is 8.11. The van der Waals surface area contributed by atoms with Gasteiger partial charge in [-0.3, -0.25) is 9.78 Å². The maximum Gasteiger partial charge on any atom is 0.309 e. The van der Waals surface area contributed by atoms with Crippen molar-refractivity contribution in [3.05, 3.63) is 54.0 Å². The van der Waals surface area contributed by atoms with Gasteiger partial charge in [0.25, 0.3) is 0 Å². The summed E-state index contributed by atoms with van der Waals surface area (Å²) in [5.41, 5.74) is 2.13. The normalized spacial score (nSPS) is 12.3. The van der Waals surface area contributed by atoms with Crippen molar-refractivity contribution in [3.8, 4) is 5.75 Å². The SMILES string of the molecule is Cn1c(CC(C)(C)C(=O)O)c(SC(C)(C)C)c2cc(OCc3ccccn3)ccc21. The zero-order valence-corrected chi connectivity index (χ0v) is 19.3. The molecule has 0 aliphatic rings. The number of fused-ring (bicyclic) bond motifs is 1. The van der Waals surface area contributed by atoms with Crippen molar-refractivity contribution < 1.29 is 14.6 Å². The van der Waals surface area contributed by atoms with Gasteiger partial charge in [-0.2, -0.15) is 0 Å². The van der Waals surface area contributed by atoms with Crippen LogP contribution in [0.4, 0.5) is 0 Å². The number of aliphatic carboxylic acids is 1. The zero-order chi connectivity index (χ0) is 22.1. The molecule has 0 saturated heterocycles. The highest BCUT2D eigenvalue weighted by atomic mass is 32.2. The Hall–Kier alpha value is -2.47. The second-order valence-electron chi connectivity index (χ2n) is 9.20. The average molecular weight is 427 g/mol. The number of hydrogen-bond acceptors (Lipinski definition) is 4. The molecule has 6 heteroatoms. The van der Waals surface area contributed by atoms with E-state index in [1.165, 1.54) is 0 Å². The number of benzene rings is 1. The Morgan fingerprint density at radius 3 is 2.50 bits per heavy atom. The van der Waals surface area contributed by atoms with Crippen molar-refractivity contribution in [2.24, 2.45) is 12.5 Å². The topological polar surface area (TPSA) is 64.4 Å². The molecule has 0 bridgehead atoms. The number of carboxylic acids is 1. The van der Waals surface area contributed by atoms with Gasteiger partial charge < -0.3 is 14.4 Å². The number of pyridine rings is 1. The molecule has 2 aromatic heterocycles. The Kier molecular flexibility index (Phi) is 6.18. The van der Waals surface area contributed by atoms with Crippen LogP contribution in [0.5, 0.6) is 5.75 Å². The molecule has 0 aliphatic carbocycles. The van der Waals surface area contributed by atoms with Gasteiger partial charge in [-0.15, -0.1) is 11.8 Å². The number of carbonyl (C=O) groups is 1. The van der Waals surface area contributed by atoms with Gasteiger partial charge in [0.15, 0.2) is 0 Å². The summed E-state index contributed by atoms with van der Waals surface area (Å²) in [5.74, 6) is -0.0163. The van der Waals surface area contributed by atoms with E-state index in [-0.39, 0.29) is 4.75 Å². The first-order chi connectivity index (χ1) is 14.0. The fraction of sp³-hybridized carbons (Fsp3) is 0.417. The van der Waals surface area contributed by atoms with Crippen molar-refractivity contribution in [3.63, 3.8) is 0 Å². The monoisotopic (exact) mass is 426 g/mol. The molecule has 0 fully saturated rings. The summed E-state index contributed by atoms with van der Waals surface area (Å²) in [6, 6.07) is 11.8. The minimum Gasteiger partial charge on any atom is -0.487 e. The summed E-state index contributed by atoms with van der Waals surface area (Å²) >= 11 is 1.77. The summed E-state index contributed by atoms with van der Waals surface area (Å²) in [5, 5.41) is 10.8. The first-order valence-corrected chi connectivity index (χ1v) is 10.9. The molecule has 160 valence electrons. The lowest BCUT2D eigenvalue weighted by Gasteiger charge is -2.23. The zero-order valence-electron chi connectivity index (χ0n) is 18.5. The Bertz CT molecular complexity index is 1050. The molecule has 0 aliphatic heterocycles. The lowest BCUT2D eigenvalue weighted by molar-refractivity contribution is -0.146. The lowest BCUT2D eigenvalue weighted by atomic mass is 9.88. The van der Waals surface area contributed by atoms with Gasteiger partial charge in [0.05, 0.1) is 11.1 Å². The summed E-state index contributed by atoms with van der Waals surface area (Å²) in [4.78, 5) is 17.2.